The molecule has 170 valence electrons. The Balaban J connectivity index is 1.62. The van der Waals surface area contributed by atoms with E-state index in [-0.39, 0.29) is 5.75 Å². The quantitative estimate of drug-likeness (QED) is 0.382. The van der Waals surface area contributed by atoms with E-state index in [1.54, 1.807) is 0 Å². The summed E-state index contributed by atoms with van der Waals surface area (Å²) in [6, 6.07) is 21.6. The number of ether oxygens (including phenoxy) is 1. The third-order valence-electron chi connectivity index (χ3n) is 4.77. The molecule has 32 heavy (non-hydrogen) atoms. The minimum absolute atomic E-state index is 0.269. The second-order valence-electron chi connectivity index (χ2n) is 7.31. The van der Waals surface area contributed by atoms with Crippen LogP contribution in [-0.4, -0.2) is 30.7 Å². The molecule has 0 aromatic heterocycles. The predicted octanol–water partition coefficient (Wildman–Crippen LogP) is 6.00. The second kappa shape index (κ2) is 10.8. The third kappa shape index (κ3) is 6.91. The van der Waals surface area contributed by atoms with Crippen LogP contribution in [0, 0.1) is 13.8 Å². The maximum absolute atomic E-state index is 12.3. The highest BCUT2D eigenvalue weighted by Gasteiger charge is 2.31. The van der Waals surface area contributed by atoms with Gasteiger partial charge in [0.05, 0.1) is 12.6 Å². The highest BCUT2D eigenvalue weighted by atomic mass is 32.2. The summed E-state index contributed by atoms with van der Waals surface area (Å²) in [5, 5.41) is 10.7. The zero-order valence-corrected chi connectivity index (χ0v) is 18.6. The van der Waals surface area contributed by atoms with Gasteiger partial charge in [-0.15, -0.1) is 13.2 Å². The molecule has 0 heterocycles. The van der Waals surface area contributed by atoms with Gasteiger partial charge in [0, 0.05) is 22.8 Å². The van der Waals surface area contributed by atoms with Crippen LogP contribution in [0.4, 0.5) is 24.5 Å². The molecule has 0 bridgehead atoms. The van der Waals surface area contributed by atoms with E-state index in [0.717, 1.165) is 22.5 Å². The number of nitrogens with zero attached hydrogens (tertiary/aromatic N) is 1. The fourth-order valence-corrected chi connectivity index (χ4v) is 3.98. The molecular formula is C24H25F3N2O2S. The minimum Gasteiger partial charge on any atom is -0.406 e. The van der Waals surface area contributed by atoms with Gasteiger partial charge < -0.3 is 14.7 Å². The van der Waals surface area contributed by atoms with Crippen molar-refractivity contribution in [2.45, 2.75) is 31.2 Å². The SMILES string of the molecule is Cc1ccccc1N(CC(O)CNSc1ccc(OC(F)(F)F)cc1)c1ccccc1C. The maximum atomic E-state index is 12.3. The standard InChI is InChI=1S/C24H25F3N2O2S/c1-17-7-3-5-9-22(17)29(23-10-6-4-8-18(23)2)16-19(30)15-28-32-21-13-11-20(12-14-21)31-24(25,26)27/h3-14,19,28,30H,15-16H2,1-2H3. The number of para-hydroxylation sites is 2. The van der Waals surface area contributed by atoms with Crippen LogP contribution in [0.1, 0.15) is 11.1 Å². The Kier molecular flexibility index (Phi) is 8.06. The van der Waals surface area contributed by atoms with E-state index in [1.807, 2.05) is 62.4 Å². The van der Waals surface area contributed by atoms with Crippen LogP contribution in [0.2, 0.25) is 0 Å². The number of hydrogen-bond acceptors (Lipinski definition) is 5. The number of alkyl halides is 3. The number of aryl methyl sites for hydroxylation is 2. The van der Waals surface area contributed by atoms with Crippen molar-refractivity contribution in [3.8, 4) is 5.75 Å². The first kappa shape index (κ1) is 24.0. The Labute approximate surface area is 190 Å². The molecule has 0 saturated carbocycles. The molecule has 1 unspecified atom stereocenters. The van der Waals surface area contributed by atoms with E-state index >= 15 is 0 Å². The van der Waals surface area contributed by atoms with Crippen molar-refractivity contribution < 1.29 is 23.0 Å². The first-order chi connectivity index (χ1) is 15.2. The van der Waals surface area contributed by atoms with Gasteiger partial charge in [-0.1, -0.05) is 36.4 Å². The van der Waals surface area contributed by atoms with E-state index in [1.165, 1.54) is 36.2 Å². The van der Waals surface area contributed by atoms with Gasteiger partial charge in [-0.2, -0.15) is 0 Å². The summed E-state index contributed by atoms with van der Waals surface area (Å²) in [4.78, 5) is 2.81. The van der Waals surface area contributed by atoms with Crippen molar-refractivity contribution in [1.29, 1.82) is 0 Å². The summed E-state index contributed by atoms with van der Waals surface area (Å²) in [7, 11) is 0. The van der Waals surface area contributed by atoms with Gasteiger partial charge in [0.1, 0.15) is 5.75 Å². The first-order valence-electron chi connectivity index (χ1n) is 10.1. The van der Waals surface area contributed by atoms with Crippen LogP contribution in [-0.2, 0) is 0 Å². The van der Waals surface area contributed by atoms with Gasteiger partial charge in [0.25, 0.3) is 0 Å². The van der Waals surface area contributed by atoms with E-state index < -0.39 is 12.5 Å². The fourth-order valence-electron chi connectivity index (χ4n) is 3.26. The number of anilines is 2. The van der Waals surface area contributed by atoms with Gasteiger partial charge in [-0.3, -0.25) is 4.72 Å². The third-order valence-corrected chi connectivity index (χ3v) is 5.59. The maximum Gasteiger partial charge on any atom is 0.573 e. The number of rotatable bonds is 9. The number of aliphatic hydroxyl groups is 1. The van der Waals surface area contributed by atoms with Crippen LogP contribution in [0.15, 0.2) is 77.7 Å². The molecule has 2 N–H and O–H groups in total. The van der Waals surface area contributed by atoms with E-state index in [0.29, 0.717) is 18.0 Å². The summed E-state index contributed by atoms with van der Waals surface area (Å²) in [6.45, 7) is 4.74. The average molecular weight is 463 g/mol. The van der Waals surface area contributed by atoms with Gasteiger partial charge in [0.15, 0.2) is 0 Å². The molecule has 0 fully saturated rings. The highest BCUT2D eigenvalue weighted by Crippen LogP contribution is 2.31. The molecule has 0 aliphatic carbocycles. The summed E-state index contributed by atoms with van der Waals surface area (Å²) >= 11 is 1.24. The van der Waals surface area contributed by atoms with Gasteiger partial charge in [0.2, 0.25) is 0 Å². The Morgan fingerprint density at radius 1 is 0.906 bits per heavy atom. The van der Waals surface area contributed by atoms with Gasteiger partial charge in [-0.05, 0) is 73.3 Å². The minimum atomic E-state index is -4.71. The first-order valence-corrected chi connectivity index (χ1v) is 10.9. The Hall–Kier alpha value is -2.68. The van der Waals surface area contributed by atoms with E-state index in [2.05, 4.69) is 14.4 Å². The summed E-state index contributed by atoms with van der Waals surface area (Å²) in [5.41, 5.74) is 4.25. The highest BCUT2D eigenvalue weighted by molar-refractivity contribution is 7.97. The molecule has 8 heteroatoms. The topological polar surface area (TPSA) is 44.7 Å². The number of hydrogen-bond donors (Lipinski definition) is 2. The number of benzene rings is 3. The van der Waals surface area contributed by atoms with Crippen molar-refractivity contribution in [2.24, 2.45) is 0 Å². The van der Waals surface area contributed by atoms with Crippen LogP contribution >= 0.6 is 11.9 Å². The average Bonchev–Trinajstić information content (AvgIpc) is 2.73. The van der Waals surface area contributed by atoms with Crippen molar-refractivity contribution >= 4 is 23.3 Å². The summed E-state index contributed by atoms with van der Waals surface area (Å²) in [5.74, 6) is -0.269. The molecule has 0 spiro atoms. The molecule has 3 aromatic carbocycles. The smallest absolute Gasteiger partial charge is 0.406 e. The van der Waals surface area contributed by atoms with Crippen LogP contribution in [0.5, 0.6) is 5.75 Å². The van der Waals surface area contributed by atoms with Crippen molar-refractivity contribution in [1.82, 2.24) is 4.72 Å². The Morgan fingerprint density at radius 3 is 1.94 bits per heavy atom. The lowest BCUT2D eigenvalue weighted by Crippen LogP contribution is -2.35. The fraction of sp³-hybridized carbons (Fsp3) is 0.250. The van der Waals surface area contributed by atoms with Crippen LogP contribution in [0.3, 0.4) is 0 Å². The number of aliphatic hydroxyl groups excluding tert-OH is 1. The largest absolute Gasteiger partial charge is 0.573 e. The molecule has 1 atom stereocenters. The number of nitrogens with one attached hydrogen (secondary N) is 1. The molecule has 0 aliphatic rings. The monoisotopic (exact) mass is 462 g/mol. The lowest BCUT2D eigenvalue weighted by atomic mass is 10.1. The zero-order chi connectivity index (χ0) is 23.1. The van der Waals surface area contributed by atoms with E-state index in [9.17, 15) is 18.3 Å². The number of halogens is 3. The van der Waals surface area contributed by atoms with Crippen molar-refractivity contribution in [2.75, 3.05) is 18.0 Å². The zero-order valence-electron chi connectivity index (χ0n) is 17.8. The molecule has 4 nitrogen and oxygen atoms in total. The molecule has 0 aliphatic heterocycles. The molecule has 0 saturated heterocycles. The van der Waals surface area contributed by atoms with Gasteiger partial charge >= 0.3 is 6.36 Å². The Bertz CT molecular complexity index is 967. The normalized spacial score (nSPS) is 12.4. The molecule has 3 rings (SSSR count). The molecule has 3 aromatic rings. The van der Waals surface area contributed by atoms with Crippen molar-refractivity contribution in [3.05, 3.63) is 83.9 Å². The molecule has 0 radical (unpaired) electrons. The molecular weight excluding hydrogens is 437 g/mol. The van der Waals surface area contributed by atoms with E-state index in [4.69, 9.17) is 0 Å². The lowest BCUT2D eigenvalue weighted by molar-refractivity contribution is -0.274. The Morgan fingerprint density at radius 2 is 1.44 bits per heavy atom. The summed E-state index contributed by atoms with van der Waals surface area (Å²) in [6.07, 6.45) is -5.40. The predicted molar refractivity (Wildman–Crippen MR) is 122 cm³/mol. The second-order valence-corrected chi connectivity index (χ2v) is 8.27. The van der Waals surface area contributed by atoms with Crippen LogP contribution < -0.4 is 14.4 Å². The van der Waals surface area contributed by atoms with Crippen molar-refractivity contribution in [3.63, 3.8) is 0 Å². The van der Waals surface area contributed by atoms with Gasteiger partial charge in [-0.25, -0.2) is 0 Å². The molecule has 0 amide bonds. The van der Waals surface area contributed by atoms with Crippen LogP contribution in [0.25, 0.3) is 0 Å². The lowest BCUT2D eigenvalue weighted by Gasteiger charge is -2.30. The summed E-state index contributed by atoms with van der Waals surface area (Å²) < 4.78 is 43.7.